The number of methoxy groups -OCH3 is 1. The van der Waals surface area contributed by atoms with Gasteiger partial charge in [0.2, 0.25) is 0 Å². The number of hydrogen-bond acceptors (Lipinski definition) is 3. The van der Waals surface area contributed by atoms with E-state index in [1.54, 1.807) is 31.4 Å². The fourth-order valence-electron chi connectivity index (χ4n) is 3.99. The first kappa shape index (κ1) is 18.8. The van der Waals surface area contributed by atoms with E-state index in [1.807, 2.05) is 23.1 Å². The predicted octanol–water partition coefficient (Wildman–Crippen LogP) is 4.56. The van der Waals surface area contributed by atoms with Crippen molar-refractivity contribution in [2.24, 2.45) is 5.92 Å². The molecular weight excluding hydrogens is 374 g/mol. The highest BCUT2D eigenvalue weighted by Crippen LogP contribution is 2.29. The van der Waals surface area contributed by atoms with E-state index >= 15 is 0 Å². The molecule has 4 rings (SSSR count). The van der Waals surface area contributed by atoms with Gasteiger partial charge in [-0.2, -0.15) is 5.10 Å². The molecule has 0 unspecified atom stereocenters. The minimum absolute atomic E-state index is 0.0841. The van der Waals surface area contributed by atoms with Crippen LogP contribution in [0.5, 0.6) is 5.75 Å². The molecule has 0 saturated carbocycles. The van der Waals surface area contributed by atoms with Gasteiger partial charge in [-0.15, -0.1) is 0 Å². The molecule has 1 amide bonds. The Kier molecular flexibility index (Phi) is 5.27. The maximum absolute atomic E-state index is 12.7. The number of aryl methyl sites for hydroxylation is 1. The van der Waals surface area contributed by atoms with Crippen LogP contribution < -0.4 is 4.74 Å². The highest BCUT2D eigenvalue weighted by Gasteiger charge is 2.25. The fraction of sp³-hybridized carbons (Fsp3) is 0.364. The lowest BCUT2D eigenvalue weighted by Gasteiger charge is -2.32. The zero-order chi connectivity index (χ0) is 19.7. The van der Waals surface area contributed by atoms with Crippen LogP contribution in [0.3, 0.4) is 0 Å². The van der Waals surface area contributed by atoms with E-state index in [0.29, 0.717) is 16.5 Å². The van der Waals surface area contributed by atoms with Crippen molar-refractivity contribution in [3.8, 4) is 5.75 Å². The number of halogens is 1. The highest BCUT2D eigenvalue weighted by atomic mass is 35.5. The molecular formula is C22H24ClN3O2. The van der Waals surface area contributed by atoms with Gasteiger partial charge in [0.1, 0.15) is 5.75 Å². The number of aromatic nitrogens is 2. The molecule has 146 valence electrons. The summed E-state index contributed by atoms with van der Waals surface area (Å²) < 4.78 is 7.59. The molecule has 2 heterocycles. The molecule has 1 aliphatic heterocycles. The zero-order valence-corrected chi connectivity index (χ0v) is 16.9. The monoisotopic (exact) mass is 397 g/mol. The average Bonchev–Trinajstić information content (AvgIpc) is 3.04. The smallest absolute Gasteiger partial charge is 0.253 e. The van der Waals surface area contributed by atoms with E-state index in [0.717, 1.165) is 54.8 Å². The maximum Gasteiger partial charge on any atom is 0.253 e. The molecule has 2 aromatic carbocycles. The number of piperidine rings is 1. The molecule has 0 N–H and O–H groups in total. The van der Waals surface area contributed by atoms with Crippen LogP contribution in [0.4, 0.5) is 0 Å². The van der Waals surface area contributed by atoms with Crippen LogP contribution in [0.25, 0.3) is 10.9 Å². The third-order valence-electron chi connectivity index (χ3n) is 5.63. The molecule has 5 nitrogen and oxygen atoms in total. The largest absolute Gasteiger partial charge is 0.496 e. The zero-order valence-electron chi connectivity index (χ0n) is 16.2. The Morgan fingerprint density at radius 2 is 1.89 bits per heavy atom. The topological polar surface area (TPSA) is 47.4 Å². The lowest BCUT2D eigenvalue weighted by Crippen LogP contribution is -2.39. The molecule has 28 heavy (non-hydrogen) atoms. The molecule has 1 fully saturated rings. The van der Waals surface area contributed by atoms with E-state index in [1.165, 1.54) is 0 Å². The summed E-state index contributed by atoms with van der Waals surface area (Å²) in [5, 5.41) is 6.50. The normalized spacial score (nSPS) is 15.2. The molecule has 6 heteroatoms. The van der Waals surface area contributed by atoms with E-state index in [-0.39, 0.29) is 5.91 Å². The molecule has 1 saturated heterocycles. The van der Waals surface area contributed by atoms with E-state index in [2.05, 4.69) is 11.6 Å². The molecule has 1 aromatic heterocycles. The number of benzene rings is 2. The van der Waals surface area contributed by atoms with Crippen LogP contribution in [0.15, 0.2) is 42.5 Å². The van der Waals surface area contributed by atoms with E-state index in [9.17, 15) is 4.79 Å². The summed E-state index contributed by atoms with van der Waals surface area (Å²) in [6.07, 6.45) is 1.96. The molecule has 0 spiro atoms. The standard InChI is InChI=1S/C22H24ClN3O2/c1-15-21-19(4-3-5-20(21)28-2)24-26(15)14-16-10-12-25(13-11-16)22(27)17-6-8-18(23)9-7-17/h3-9,16H,10-14H2,1-2H3. The van der Waals surface area contributed by atoms with Crippen molar-refractivity contribution in [1.29, 1.82) is 0 Å². The highest BCUT2D eigenvalue weighted by molar-refractivity contribution is 6.30. The Labute approximate surface area is 169 Å². The minimum atomic E-state index is 0.0841. The van der Waals surface area contributed by atoms with Crippen molar-refractivity contribution in [3.05, 3.63) is 58.7 Å². The number of rotatable bonds is 4. The van der Waals surface area contributed by atoms with Gasteiger partial charge < -0.3 is 9.64 Å². The summed E-state index contributed by atoms with van der Waals surface area (Å²) in [5.74, 6) is 1.46. The summed E-state index contributed by atoms with van der Waals surface area (Å²) in [5.41, 5.74) is 2.79. The summed E-state index contributed by atoms with van der Waals surface area (Å²) >= 11 is 5.92. The first-order valence-corrected chi connectivity index (χ1v) is 9.99. The van der Waals surface area contributed by atoms with Crippen LogP contribution in [-0.2, 0) is 6.54 Å². The quantitative estimate of drug-likeness (QED) is 0.648. The molecule has 0 aliphatic carbocycles. The van der Waals surface area contributed by atoms with Gasteiger partial charge in [-0.1, -0.05) is 17.7 Å². The number of fused-ring (bicyclic) bond motifs is 1. The Morgan fingerprint density at radius 3 is 2.57 bits per heavy atom. The number of nitrogens with zero attached hydrogens (tertiary/aromatic N) is 3. The van der Waals surface area contributed by atoms with Crippen molar-refractivity contribution < 1.29 is 9.53 Å². The molecule has 0 atom stereocenters. The third kappa shape index (κ3) is 3.59. The van der Waals surface area contributed by atoms with Crippen LogP contribution in [0, 0.1) is 12.8 Å². The number of amides is 1. The summed E-state index contributed by atoms with van der Waals surface area (Å²) in [7, 11) is 1.69. The van der Waals surface area contributed by atoms with Crippen LogP contribution in [0.2, 0.25) is 5.02 Å². The Hall–Kier alpha value is -2.53. The van der Waals surface area contributed by atoms with Crippen LogP contribution in [0.1, 0.15) is 28.9 Å². The van der Waals surface area contributed by atoms with Crippen LogP contribution >= 0.6 is 11.6 Å². The average molecular weight is 398 g/mol. The van der Waals surface area contributed by atoms with E-state index < -0.39 is 0 Å². The lowest BCUT2D eigenvalue weighted by molar-refractivity contribution is 0.0681. The summed E-state index contributed by atoms with van der Waals surface area (Å²) in [6.45, 7) is 4.51. The number of ether oxygens (including phenoxy) is 1. The maximum atomic E-state index is 12.7. The minimum Gasteiger partial charge on any atom is -0.496 e. The van der Waals surface area contributed by atoms with Gasteiger partial charge in [0.15, 0.2) is 0 Å². The molecule has 3 aromatic rings. The molecule has 0 radical (unpaired) electrons. The van der Waals surface area contributed by atoms with Crippen molar-refractivity contribution in [1.82, 2.24) is 14.7 Å². The Morgan fingerprint density at radius 1 is 1.18 bits per heavy atom. The van der Waals surface area contributed by atoms with Gasteiger partial charge in [0.05, 0.1) is 18.0 Å². The summed E-state index contributed by atoms with van der Waals surface area (Å²) in [4.78, 5) is 14.6. The molecule has 1 aliphatic rings. The van der Waals surface area contributed by atoms with Crippen molar-refractivity contribution in [2.45, 2.75) is 26.3 Å². The fourth-order valence-corrected chi connectivity index (χ4v) is 4.11. The van der Waals surface area contributed by atoms with Gasteiger partial charge in [0.25, 0.3) is 5.91 Å². The van der Waals surface area contributed by atoms with Gasteiger partial charge in [-0.25, -0.2) is 0 Å². The molecule has 0 bridgehead atoms. The third-order valence-corrected chi connectivity index (χ3v) is 5.88. The lowest BCUT2D eigenvalue weighted by atomic mass is 9.96. The Balaban J connectivity index is 1.42. The Bertz CT molecular complexity index is 989. The predicted molar refractivity (Wildman–Crippen MR) is 111 cm³/mol. The number of carbonyl (C=O) groups is 1. The van der Waals surface area contributed by atoms with Gasteiger partial charge >= 0.3 is 0 Å². The van der Waals surface area contributed by atoms with E-state index in [4.69, 9.17) is 21.4 Å². The first-order chi connectivity index (χ1) is 13.6. The van der Waals surface area contributed by atoms with Crippen molar-refractivity contribution in [2.75, 3.05) is 20.2 Å². The van der Waals surface area contributed by atoms with Crippen molar-refractivity contribution >= 4 is 28.4 Å². The second-order valence-corrected chi connectivity index (χ2v) is 7.80. The second-order valence-electron chi connectivity index (χ2n) is 7.36. The van der Waals surface area contributed by atoms with Gasteiger partial charge in [-0.3, -0.25) is 9.48 Å². The first-order valence-electron chi connectivity index (χ1n) is 9.62. The SMILES string of the molecule is COc1cccc2nn(CC3CCN(C(=O)c4ccc(Cl)cc4)CC3)c(C)c12. The van der Waals surface area contributed by atoms with Gasteiger partial charge in [0, 0.05) is 35.9 Å². The van der Waals surface area contributed by atoms with Crippen LogP contribution in [-0.4, -0.2) is 40.8 Å². The number of likely N-dealkylation sites (tertiary alicyclic amines) is 1. The number of hydrogen-bond donors (Lipinski definition) is 0. The van der Waals surface area contributed by atoms with Crippen molar-refractivity contribution in [3.63, 3.8) is 0 Å². The second kappa shape index (κ2) is 7.84. The summed E-state index contributed by atoms with van der Waals surface area (Å²) in [6, 6.07) is 13.1. The number of carbonyl (C=O) groups excluding carboxylic acids is 1. The van der Waals surface area contributed by atoms with Gasteiger partial charge in [-0.05, 0) is 62.1 Å².